The monoisotopic (exact) mass is 485 g/mol. The van der Waals surface area contributed by atoms with Gasteiger partial charge in [0.05, 0.1) is 56.6 Å². The molecule has 170 valence electrons. The molecule has 1 N–H and O–H groups in total. The Kier molecular flexibility index (Phi) is 4.58. The molecule has 10 heteroatoms. The van der Waals surface area contributed by atoms with Crippen molar-refractivity contribution in [1.29, 1.82) is 0 Å². The van der Waals surface area contributed by atoms with Crippen LogP contribution in [0.25, 0.3) is 10.2 Å². The number of aromatic nitrogens is 2. The summed E-state index contributed by atoms with van der Waals surface area (Å²) >= 11 is 7.32. The second-order valence-electron chi connectivity index (χ2n) is 8.96. The van der Waals surface area contributed by atoms with Gasteiger partial charge in [-0.15, -0.1) is 11.3 Å². The molecule has 3 aliphatic rings. The molecule has 3 saturated heterocycles. The number of hydrogen-bond donors (Lipinski definition) is 1. The smallest absolute Gasteiger partial charge is 0.240 e. The number of nitrogens with zero attached hydrogens (tertiary/aromatic N) is 3. The van der Waals surface area contributed by atoms with Crippen molar-refractivity contribution in [3.63, 3.8) is 0 Å². The second-order valence-corrected chi connectivity index (χ2v) is 10.3. The number of carbonyl (C=O) groups is 2. The van der Waals surface area contributed by atoms with Crippen LogP contribution in [0.4, 0.5) is 5.69 Å². The fourth-order valence-corrected chi connectivity index (χ4v) is 6.46. The van der Waals surface area contributed by atoms with E-state index in [0.717, 1.165) is 10.2 Å². The lowest BCUT2D eigenvalue weighted by atomic mass is 9.66. The maximum atomic E-state index is 13.7. The molecule has 5 atom stereocenters. The van der Waals surface area contributed by atoms with Gasteiger partial charge in [0, 0.05) is 25.1 Å². The summed E-state index contributed by atoms with van der Waals surface area (Å²) in [5.74, 6) is -1.66. The van der Waals surface area contributed by atoms with Crippen LogP contribution in [0.5, 0.6) is 5.88 Å². The van der Waals surface area contributed by atoms with Crippen molar-refractivity contribution in [3.8, 4) is 5.88 Å². The van der Waals surface area contributed by atoms with Gasteiger partial charge in [0.25, 0.3) is 0 Å². The molecule has 8 nitrogen and oxygen atoms in total. The molecule has 0 saturated carbocycles. The number of amides is 2. The largest absolute Gasteiger partial charge is 0.478 e. The molecule has 3 aliphatic heterocycles. The van der Waals surface area contributed by atoms with Crippen molar-refractivity contribution in [1.82, 2.24) is 9.97 Å². The molecule has 2 bridgehead atoms. The highest BCUT2D eigenvalue weighted by molar-refractivity contribution is 7.16. The SMILES string of the molecule is CC12OC(CCOc3ccc(Cl)cn3)(CC1O)C1C(=O)N(c3ccc4ncsc4c3)C(=O)C12. The summed E-state index contributed by atoms with van der Waals surface area (Å²) in [6.45, 7) is 1.95. The van der Waals surface area contributed by atoms with E-state index >= 15 is 0 Å². The molecular formula is C23H20ClN3O5S. The molecule has 0 radical (unpaired) electrons. The molecule has 2 amide bonds. The van der Waals surface area contributed by atoms with E-state index in [0.29, 0.717) is 23.0 Å². The van der Waals surface area contributed by atoms with Crippen molar-refractivity contribution in [2.24, 2.45) is 11.8 Å². The van der Waals surface area contributed by atoms with Gasteiger partial charge in [0.15, 0.2) is 0 Å². The average molecular weight is 486 g/mol. The minimum absolute atomic E-state index is 0.217. The summed E-state index contributed by atoms with van der Waals surface area (Å²) in [5, 5.41) is 11.3. The number of thiazole rings is 1. The molecule has 1 aromatic carbocycles. The van der Waals surface area contributed by atoms with E-state index < -0.39 is 29.1 Å². The number of rotatable bonds is 5. The van der Waals surface area contributed by atoms with Gasteiger partial charge in [-0.1, -0.05) is 11.6 Å². The van der Waals surface area contributed by atoms with Gasteiger partial charge in [-0.25, -0.2) is 14.9 Å². The average Bonchev–Trinajstić information content (AvgIpc) is 3.48. The van der Waals surface area contributed by atoms with Gasteiger partial charge in [-0.2, -0.15) is 0 Å². The third-order valence-electron chi connectivity index (χ3n) is 7.16. The molecule has 2 aromatic heterocycles. The lowest BCUT2D eigenvalue weighted by molar-refractivity contribution is -0.134. The van der Waals surface area contributed by atoms with Crippen LogP contribution in [-0.4, -0.2) is 50.8 Å². The van der Waals surface area contributed by atoms with Gasteiger partial charge in [0.1, 0.15) is 5.60 Å². The molecule has 6 rings (SSSR count). The zero-order chi connectivity index (χ0) is 23.0. The van der Waals surface area contributed by atoms with Gasteiger partial charge in [-0.3, -0.25) is 9.59 Å². The summed E-state index contributed by atoms with van der Waals surface area (Å²) in [4.78, 5) is 36.8. The molecule has 3 aromatic rings. The van der Waals surface area contributed by atoms with Crippen LogP contribution in [-0.2, 0) is 14.3 Å². The Morgan fingerprint density at radius 2 is 2.06 bits per heavy atom. The zero-order valence-corrected chi connectivity index (χ0v) is 19.2. The summed E-state index contributed by atoms with van der Waals surface area (Å²) in [7, 11) is 0. The number of aliphatic hydroxyl groups excluding tert-OH is 1. The lowest BCUT2D eigenvalue weighted by Crippen LogP contribution is -2.49. The first kappa shape index (κ1) is 21.0. The van der Waals surface area contributed by atoms with E-state index in [1.165, 1.54) is 22.4 Å². The van der Waals surface area contributed by atoms with E-state index in [2.05, 4.69) is 9.97 Å². The number of aliphatic hydroxyl groups is 1. The number of anilines is 1. The molecule has 5 unspecified atom stereocenters. The lowest BCUT2D eigenvalue weighted by Gasteiger charge is -2.33. The number of ether oxygens (including phenoxy) is 2. The van der Waals surface area contributed by atoms with Crippen LogP contribution in [0.3, 0.4) is 0 Å². The molecule has 0 spiro atoms. The van der Waals surface area contributed by atoms with Gasteiger partial charge in [-0.05, 0) is 31.2 Å². The summed E-state index contributed by atoms with van der Waals surface area (Å²) < 4.78 is 13.0. The van der Waals surface area contributed by atoms with Crippen LogP contribution in [0.2, 0.25) is 5.02 Å². The molecule has 5 heterocycles. The fraction of sp³-hybridized carbons (Fsp3) is 0.391. The number of hydrogen-bond acceptors (Lipinski definition) is 8. The highest BCUT2D eigenvalue weighted by atomic mass is 35.5. The first-order chi connectivity index (χ1) is 15.8. The Balaban J connectivity index is 1.30. The van der Waals surface area contributed by atoms with E-state index in [1.807, 2.05) is 6.07 Å². The van der Waals surface area contributed by atoms with Crippen molar-refractivity contribution in [2.45, 2.75) is 37.1 Å². The van der Waals surface area contributed by atoms with Gasteiger partial charge in [0.2, 0.25) is 17.7 Å². The number of fused-ring (bicyclic) bond motifs is 6. The molecular weight excluding hydrogens is 466 g/mol. The van der Waals surface area contributed by atoms with Crippen LogP contribution < -0.4 is 9.64 Å². The minimum atomic E-state index is -1.13. The highest BCUT2D eigenvalue weighted by Gasteiger charge is 2.77. The van der Waals surface area contributed by atoms with E-state index in [9.17, 15) is 14.7 Å². The predicted molar refractivity (Wildman–Crippen MR) is 121 cm³/mol. The maximum Gasteiger partial charge on any atom is 0.240 e. The zero-order valence-electron chi connectivity index (χ0n) is 17.6. The Morgan fingerprint density at radius 1 is 1.24 bits per heavy atom. The number of halogens is 1. The first-order valence-electron chi connectivity index (χ1n) is 10.7. The van der Waals surface area contributed by atoms with Crippen molar-refractivity contribution in [2.75, 3.05) is 11.5 Å². The summed E-state index contributed by atoms with van der Waals surface area (Å²) in [6.07, 6.45) is 1.24. The van der Waals surface area contributed by atoms with E-state index in [-0.39, 0.29) is 24.8 Å². The van der Waals surface area contributed by atoms with Gasteiger partial charge < -0.3 is 14.6 Å². The van der Waals surface area contributed by atoms with Crippen LogP contribution in [0.15, 0.2) is 42.0 Å². The van der Waals surface area contributed by atoms with Crippen LogP contribution >= 0.6 is 22.9 Å². The summed E-state index contributed by atoms with van der Waals surface area (Å²) in [5.41, 5.74) is 0.955. The Morgan fingerprint density at radius 3 is 2.85 bits per heavy atom. The number of carbonyl (C=O) groups excluding carboxylic acids is 2. The molecule has 33 heavy (non-hydrogen) atoms. The standard InChI is InChI=1S/C23H20ClN3O5S/c1-22-16(28)9-23(32-22,6-7-31-17-5-2-12(24)10-25-17)19-18(22)20(29)27(21(19)30)13-3-4-14-15(8-13)33-11-26-14/h2-5,8,10-11,16,18-19,28H,6-7,9H2,1H3. The Labute approximate surface area is 198 Å². The van der Waals surface area contributed by atoms with Crippen molar-refractivity contribution in [3.05, 3.63) is 47.1 Å². The minimum Gasteiger partial charge on any atom is -0.478 e. The Hall–Kier alpha value is -2.59. The fourth-order valence-electron chi connectivity index (χ4n) is 5.64. The maximum absolute atomic E-state index is 13.7. The first-order valence-corrected chi connectivity index (χ1v) is 11.9. The molecule has 3 fully saturated rings. The topological polar surface area (TPSA) is 102 Å². The predicted octanol–water partition coefficient (Wildman–Crippen LogP) is 3.21. The normalized spacial score (nSPS) is 32.7. The van der Waals surface area contributed by atoms with Crippen LogP contribution in [0.1, 0.15) is 19.8 Å². The quantitative estimate of drug-likeness (QED) is 0.553. The van der Waals surface area contributed by atoms with Crippen LogP contribution in [0, 0.1) is 11.8 Å². The number of benzene rings is 1. The third kappa shape index (κ3) is 2.96. The van der Waals surface area contributed by atoms with E-state index in [4.69, 9.17) is 21.1 Å². The highest BCUT2D eigenvalue weighted by Crippen LogP contribution is 2.62. The van der Waals surface area contributed by atoms with Crippen molar-refractivity contribution < 1.29 is 24.2 Å². The van der Waals surface area contributed by atoms with Crippen molar-refractivity contribution >= 4 is 50.7 Å². The van der Waals surface area contributed by atoms with E-state index in [1.54, 1.807) is 36.7 Å². The number of pyridine rings is 1. The third-order valence-corrected chi connectivity index (χ3v) is 8.18. The second kappa shape index (κ2) is 7.20. The molecule has 0 aliphatic carbocycles. The van der Waals surface area contributed by atoms with Gasteiger partial charge >= 0.3 is 0 Å². The number of imide groups is 1. The summed E-state index contributed by atoms with van der Waals surface area (Å²) in [6, 6.07) is 8.70. The Bertz CT molecular complexity index is 1280.